The largest absolute Gasteiger partial charge is 0.464 e. The monoisotopic (exact) mass is 294 g/mol. The number of amides is 2. The van der Waals surface area contributed by atoms with E-state index in [0.717, 1.165) is 31.7 Å². The van der Waals surface area contributed by atoms with Crippen LogP contribution in [0.2, 0.25) is 0 Å². The fourth-order valence-electron chi connectivity index (χ4n) is 2.70. The summed E-state index contributed by atoms with van der Waals surface area (Å²) in [4.78, 5) is 25.3. The van der Waals surface area contributed by atoms with E-state index in [1.165, 1.54) is 0 Å². The molecule has 21 heavy (non-hydrogen) atoms. The molecule has 0 spiro atoms. The molecular formula is C14H22N4O3. The van der Waals surface area contributed by atoms with E-state index < -0.39 is 0 Å². The topological polar surface area (TPSA) is 101 Å². The molecule has 0 aliphatic carbocycles. The minimum atomic E-state index is -0.346. The lowest BCUT2D eigenvalue weighted by molar-refractivity contribution is -0.125. The molecule has 4 N–H and O–H groups in total. The number of nitrogens with one attached hydrogen (secondary N) is 2. The quantitative estimate of drug-likeness (QED) is 0.417. The molecule has 0 radical (unpaired) electrons. The Morgan fingerprint density at radius 1 is 1.43 bits per heavy atom. The number of carbonyl (C=O) groups is 2. The van der Waals surface area contributed by atoms with Crippen molar-refractivity contribution in [3.8, 4) is 0 Å². The Morgan fingerprint density at radius 3 is 2.67 bits per heavy atom. The van der Waals surface area contributed by atoms with Gasteiger partial charge in [-0.3, -0.25) is 19.9 Å². The van der Waals surface area contributed by atoms with Gasteiger partial charge in [-0.15, -0.1) is 0 Å². The van der Waals surface area contributed by atoms with Gasteiger partial charge < -0.3 is 9.73 Å². The van der Waals surface area contributed by atoms with Gasteiger partial charge in [0.25, 0.3) is 5.91 Å². The minimum Gasteiger partial charge on any atom is -0.464 e. The number of carbonyl (C=O) groups excluding carboxylic acids is 2. The van der Waals surface area contributed by atoms with Crippen molar-refractivity contribution >= 4 is 11.8 Å². The lowest BCUT2D eigenvalue weighted by Gasteiger charge is -2.30. The summed E-state index contributed by atoms with van der Waals surface area (Å²) >= 11 is 0. The molecule has 0 saturated carbocycles. The van der Waals surface area contributed by atoms with E-state index in [0.29, 0.717) is 17.9 Å². The molecule has 1 saturated heterocycles. The molecule has 2 heterocycles. The molecular weight excluding hydrogens is 272 g/mol. The molecule has 1 aromatic rings. The molecule has 1 aliphatic heterocycles. The molecule has 0 bridgehead atoms. The predicted molar refractivity (Wildman–Crippen MR) is 77.2 cm³/mol. The number of nitrogens with zero attached hydrogens (tertiary/aromatic N) is 1. The van der Waals surface area contributed by atoms with Crippen LogP contribution in [0.3, 0.4) is 0 Å². The van der Waals surface area contributed by atoms with Crippen LogP contribution in [0.5, 0.6) is 0 Å². The number of rotatable bonds is 4. The zero-order chi connectivity index (χ0) is 15.4. The summed E-state index contributed by atoms with van der Waals surface area (Å²) in [7, 11) is 1.67. The van der Waals surface area contributed by atoms with Gasteiger partial charge in [0.1, 0.15) is 11.5 Å². The Hall–Kier alpha value is -1.86. The van der Waals surface area contributed by atoms with Crippen molar-refractivity contribution in [3.63, 3.8) is 0 Å². The summed E-state index contributed by atoms with van der Waals surface area (Å²) in [5, 5.41) is 2.70. The number of furan rings is 1. The number of piperidine rings is 1. The van der Waals surface area contributed by atoms with Crippen molar-refractivity contribution in [2.24, 2.45) is 11.8 Å². The molecule has 0 unspecified atom stereocenters. The van der Waals surface area contributed by atoms with Crippen molar-refractivity contribution in [2.45, 2.75) is 26.3 Å². The Kier molecular flexibility index (Phi) is 4.98. The summed E-state index contributed by atoms with van der Waals surface area (Å²) in [5.74, 6) is 6.31. The van der Waals surface area contributed by atoms with E-state index in [2.05, 4.69) is 15.6 Å². The highest BCUT2D eigenvalue weighted by atomic mass is 16.3. The SMILES string of the molecule is CNC(=O)C1CCN(Cc2cc(C(=O)NN)c(C)o2)CC1. The molecule has 2 amide bonds. The Morgan fingerprint density at radius 2 is 2.10 bits per heavy atom. The first-order valence-electron chi connectivity index (χ1n) is 7.09. The van der Waals surface area contributed by atoms with Gasteiger partial charge in [-0.2, -0.15) is 0 Å². The van der Waals surface area contributed by atoms with E-state index in [9.17, 15) is 9.59 Å². The molecule has 7 heteroatoms. The number of likely N-dealkylation sites (tertiary alicyclic amines) is 1. The molecule has 1 aliphatic rings. The van der Waals surface area contributed by atoms with Gasteiger partial charge in [-0.25, -0.2) is 5.84 Å². The van der Waals surface area contributed by atoms with Crippen molar-refractivity contribution in [1.82, 2.24) is 15.6 Å². The fourth-order valence-corrected chi connectivity index (χ4v) is 2.70. The fraction of sp³-hybridized carbons (Fsp3) is 0.571. The van der Waals surface area contributed by atoms with Crippen molar-refractivity contribution in [3.05, 3.63) is 23.2 Å². The first-order chi connectivity index (χ1) is 10.0. The third kappa shape index (κ3) is 3.62. The molecule has 1 fully saturated rings. The van der Waals surface area contributed by atoms with Gasteiger partial charge in [0.05, 0.1) is 12.1 Å². The van der Waals surface area contributed by atoms with E-state index in [4.69, 9.17) is 10.3 Å². The van der Waals surface area contributed by atoms with Gasteiger partial charge in [0, 0.05) is 13.0 Å². The number of nitrogen functional groups attached to an aromatic ring is 1. The zero-order valence-electron chi connectivity index (χ0n) is 12.4. The maximum Gasteiger partial charge on any atom is 0.268 e. The molecule has 2 rings (SSSR count). The summed E-state index contributed by atoms with van der Waals surface area (Å²) in [5.41, 5.74) is 2.57. The third-order valence-electron chi connectivity index (χ3n) is 3.93. The molecule has 7 nitrogen and oxygen atoms in total. The number of hydrogen-bond acceptors (Lipinski definition) is 5. The predicted octanol–water partition coefficient (Wildman–Crippen LogP) is 0.150. The zero-order valence-corrected chi connectivity index (χ0v) is 12.4. The highest BCUT2D eigenvalue weighted by molar-refractivity contribution is 5.94. The van der Waals surface area contributed by atoms with Crippen LogP contribution in [0.25, 0.3) is 0 Å². The van der Waals surface area contributed by atoms with Crippen molar-refractivity contribution in [2.75, 3.05) is 20.1 Å². The van der Waals surface area contributed by atoms with Crippen molar-refractivity contribution < 1.29 is 14.0 Å². The van der Waals surface area contributed by atoms with Crippen LogP contribution in [0.1, 0.15) is 34.7 Å². The van der Waals surface area contributed by atoms with Crippen LogP contribution < -0.4 is 16.6 Å². The van der Waals surface area contributed by atoms with Crippen LogP contribution in [0, 0.1) is 12.8 Å². The lowest BCUT2D eigenvalue weighted by atomic mass is 9.96. The highest BCUT2D eigenvalue weighted by Crippen LogP contribution is 2.21. The molecule has 0 aromatic carbocycles. The van der Waals surface area contributed by atoms with E-state index in [1.807, 2.05) is 0 Å². The van der Waals surface area contributed by atoms with Gasteiger partial charge in [-0.1, -0.05) is 0 Å². The van der Waals surface area contributed by atoms with Gasteiger partial charge in [0.15, 0.2) is 0 Å². The summed E-state index contributed by atoms with van der Waals surface area (Å²) in [6.07, 6.45) is 1.69. The maximum absolute atomic E-state index is 11.6. The van der Waals surface area contributed by atoms with E-state index >= 15 is 0 Å². The average Bonchev–Trinajstić information content (AvgIpc) is 2.87. The normalized spacial score (nSPS) is 16.7. The van der Waals surface area contributed by atoms with Gasteiger partial charge >= 0.3 is 0 Å². The van der Waals surface area contributed by atoms with E-state index in [1.54, 1.807) is 20.0 Å². The molecule has 116 valence electrons. The molecule has 0 atom stereocenters. The van der Waals surface area contributed by atoms with Crippen molar-refractivity contribution in [1.29, 1.82) is 0 Å². The highest BCUT2D eigenvalue weighted by Gasteiger charge is 2.25. The second-order valence-electron chi connectivity index (χ2n) is 5.32. The maximum atomic E-state index is 11.6. The van der Waals surface area contributed by atoms with Crippen LogP contribution in [0.4, 0.5) is 0 Å². The number of aryl methyl sites for hydroxylation is 1. The van der Waals surface area contributed by atoms with Crippen LogP contribution in [0.15, 0.2) is 10.5 Å². The standard InChI is InChI=1S/C14H22N4O3/c1-9-12(14(20)17-15)7-11(21-9)8-18-5-3-10(4-6-18)13(19)16-2/h7,10H,3-6,8,15H2,1-2H3,(H,16,19)(H,17,20). The van der Waals surface area contributed by atoms with E-state index in [-0.39, 0.29) is 17.7 Å². The Labute approximate surface area is 123 Å². The van der Waals surface area contributed by atoms with Crippen LogP contribution in [-0.2, 0) is 11.3 Å². The number of hydrogen-bond donors (Lipinski definition) is 3. The number of nitrogens with two attached hydrogens (primary N) is 1. The van der Waals surface area contributed by atoms with Crippen LogP contribution in [-0.4, -0.2) is 36.9 Å². The first-order valence-corrected chi connectivity index (χ1v) is 7.09. The summed E-state index contributed by atoms with van der Waals surface area (Å²) < 4.78 is 5.60. The first kappa shape index (κ1) is 15.5. The summed E-state index contributed by atoms with van der Waals surface area (Å²) in [6.45, 7) is 4.07. The minimum absolute atomic E-state index is 0.100. The Balaban J connectivity index is 1.92. The van der Waals surface area contributed by atoms with Crippen LogP contribution >= 0.6 is 0 Å². The third-order valence-corrected chi connectivity index (χ3v) is 3.93. The molecule has 1 aromatic heterocycles. The summed E-state index contributed by atoms with van der Waals surface area (Å²) in [6, 6.07) is 1.72. The van der Waals surface area contributed by atoms with Gasteiger partial charge in [-0.05, 0) is 38.9 Å². The smallest absolute Gasteiger partial charge is 0.268 e. The second kappa shape index (κ2) is 6.73. The van der Waals surface area contributed by atoms with Gasteiger partial charge in [0.2, 0.25) is 5.91 Å². The average molecular weight is 294 g/mol. The second-order valence-corrected chi connectivity index (χ2v) is 5.32. The number of hydrazine groups is 1. The lowest BCUT2D eigenvalue weighted by Crippen LogP contribution is -2.39. The Bertz CT molecular complexity index is 518.